The molecule has 3 amide bonds. The largest absolute Gasteiger partial charge is 0.330 e. The van der Waals surface area contributed by atoms with Crippen molar-refractivity contribution in [3.8, 4) is 0 Å². The highest BCUT2D eigenvalue weighted by Gasteiger charge is 2.33. The fourth-order valence-corrected chi connectivity index (χ4v) is 4.07. The molecular weight excluding hydrogens is 528 g/mol. The van der Waals surface area contributed by atoms with E-state index in [1.165, 1.54) is 76.2 Å². The van der Waals surface area contributed by atoms with E-state index in [0.29, 0.717) is 23.0 Å². The lowest BCUT2D eigenvalue weighted by atomic mass is 9.99. The van der Waals surface area contributed by atoms with Crippen molar-refractivity contribution >= 4 is 30.3 Å². The normalized spacial score (nSPS) is 13.8. The molecule has 2 rings (SSSR count). The van der Waals surface area contributed by atoms with Crippen LogP contribution in [0.1, 0.15) is 158 Å². The van der Waals surface area contributed by atoms with Crippen LogP contribution in [0.3, 0.4) is 0 Å². The number of likely N-dealkylation sites (N-methyl/N-ethyl adjacent to an activating group) is 1. The summed E-state index contributed by atoms with van der Waals surface area (Å²) in [5.74, 6) is -0.311. The minimum Gasteiger partial charge on any atom is -0.330 e. The molecule has 0 spiro atoms. The number of unbranched alkanes of at least 4 members (excludes halogenated alkanes) is 8. The van der Waals surface area contributed by atoms with E-state index >= 15 is 0 Å². The van der Waals surface area contributed by atoms with Crippen molar-refractivity contribution in [3.05, 3.63) is 34.9 Å². The Hall–Kier alpha value is -2.83. The Labute approximate surface area is 256 Å². The van der Waals surface area contributed by atoms with Gasteiger partial charge >= 0.3 is 0 Å². The first kappa shape index (κ1) is 41.3. The number of aryl methyl sites for hydroxylation is 1. The third-order valence-corrected chi connectivity index (χ3v) is 6.95. The fourth-order valence-electron chi connectivity index (χ4n) is 4.07. The van der Waals surface area contributed by atoms with Crippen LogP contribution in [0.4, 0.5) is 0 Å². The van der Waals surface area contributed by atoms with E-state index in [4.69, 9.17) is 0 Å². The van der Waals surface area contributed by atoms with Crippen LogP contribution in [0.15, 0.2) is 18.2 Å². The number of benzene rings is 1. The van der Waals surface area contributed by atoms with Crippen molar-refractivity contribution in [1.29, 1.82) is 0 Å². The Morgan fingerprint density at radius 1 is 0.929 bits per heavy atom. The van der Waals surface area contributed by atoms with Gasteiger partial charge in [0.05, 0.1) is 5.56 Å². The molecule has 1 aliphatic rings. The highest BCUT2D eigenvalue weighted by atomic mass is 16.2. The zero-order valence-corrected chi connectivity index (χ0v) is 27.9. The van der Waals surface area contributed by atoms with E-state index in [9.17, 15) is 24.0 Å². The van der Waals surface area contributed by atoms with Crippen molar-refractivity contribution in [3.63, 3.8) is 0 Å². The molecule has 1 unspecified atom stereocenters. The molecule has 0 bridgehead atoms. The first-order chi connectivity index (χ1) is 20.1. The Kier molecular flexibility index (Phi) is 26.6. The number of carbonyl (C=O) groups excluding carboxylic acids is 5. The highest BCUT2D eigenvalue weighted by Crippen LogP contribution is 2.19. The molecule has 7 nitrogen and oxygen atoms in total. The summed E-state index contributed by atoms with van der Waals surface area (Å²) in [4.78, 5) is 57.8. The van der Waals surface area contributed by atoms with E-state index in [1.807, 2.05) is 0 Å². The third kappa shape index (κ3) is 19.3. The van der Waals surface area contributed by atoms with Gasteiger partial charge in [-0.15, -0.1) is 0 Å². The van der Waals surface area contributed by atoms with E-state index in [0.717, 1.165) is 25.0 Å². The molecule has 7 heteroatoms. The molecule has 1 heterocycles. The molecule has 1 atom stereocenters. The molecule has 0 saturated carbocycles. The number of aldehydes is 2. The van der Waals surface area contributed by atoms with Gasteiger partial charge in [-0.1, -0.05) is 124 Å². The van der Waals surface area contributed by atoms with Crippen LogP contribution in [0.25, 0.3) is 0 Å². The Morgan fingerprint density at radius 3 is 2.00 bits per heavy atom. The minimum atomic E-state index is -0.700. The van der Waals surface area contributed by atoms with Gasteiger partial charge in [0.1, 0.15) is 12.3 Å². The molecular formula is C35H60N2O5. The maximum atomic E-state index is 12.6. The quantitative estimate of drug-likeness (QED) is 0.134. The molecule has 0 aromatic heterocycles. The summed E-state index contributed by atoms with van der Waals surface area (Å²) in [6, 6.07) is 4.29. The molecule has 1 aliphatic heterocycles. The van der Waals surface area contributed by atoms with Crippen LogP contribution >= 0.6 is 0 Å². The van der Waals surface area contributed by atoms with Gasteiger partial charge in [-0.2, -0.15) is 0 Å². The number of rotatable bonds is 14. The van der Waals surface area contributed by atoms with Gasteiger partial charge in [0.2, 0.25) is 11.8 Å². The monoisotopic (exact) mass is 588 g/mol. The zero-order valence-electron chi connectivity index (χ0n) is 27.9. The summed E-state index contributed by atoms with van der Waals surface area (Å²) in [7, 11) is 1.50. The Bertz CT molecular complexity index is 895. The summed E-state index contributed by atoms with van der Waals surface area (Å²) in [6.45, 7) is 15.1. The van der Waals surface area contributed by atoms with Gasteiger partial charge in [-0.25, -0.2) is 0 Å². The molecule has 1 fully saturated rings. The number of piperidine rings is 1. The molecule has 0 radical (unpaired) electrons. The first-order valence-corrected chi connectivity index (χ1v) is 16.1. The van der Waals surface area contributed by atoms with E-state index in [1.54, 1.807) is 25.1 Å². The number of carbonyl (C=O) groups is 5. The predicted molar refractivity (Wildman–Crippen MR) is 174 cm³/mol. The summed E-state index contributed by atoms with van der Waals surface area (Å²) >= 11 is 0. The molecule has 42 heavy (non-hydrogen) atoms. The molecule has 1 aromatic rings. The second kappa shape index (κ2) is 27.0. The van der Waals surface area contributed by atoms with Crippen molar-refractivity contribution in [2.45, 2.75) is 144 Å². The second-order valence-corrected chi connectivity index (χ2v) is 11.3. The first-order valence-electron chi connectivity index (χ1n) is 16.1. The standard InChI is InChI=1S/C15H16N2O4.C9H18O.C7H16.C4H10/c1-9-4-3-5-10(8-18)13(9)15(21)17(2)11-6-7-12(19)16-14(11)20;1-2-3-4-5-6-7-8-9-10;1-4-5-6-7(2)3;1-3-4-2/h3-5,8,11H,6-7H2,1-2H3,(H,16,19,20);9H,2-8H2,1H3;7H,4-6H2,1-3H3;3-4H2,1-2H3. The Balaban J connectivity index is 0. The predicted octanol–water partition coefficient (Wildman–Crippen LogP) is 8.26. The Morgan fingerprint density at radius 2 is 1.52 bits per heavy atom. The van der Waals surface area contributed by atoms with Gasteiger partial charge in [-0.05, 0) is 31.2 Å². The minimum absolute atomic E-state index is 0.197. The van der Waals surface area contributed by atoms with E-state index < -0.39 is 17.9 Å². The average Bonchev–Trinajstić information content (AvgIpc) is 2.97. The zero-order chi connectivity index (χ0) is 32.3. The maximum Gasteiger partial charge on any atom is 0.255 e. The van der Waals surface area contributed by atoms with Crippen LogP contribution in [0.2, 0.25) is 0 Å². The lowest BCUT2D eigenvalue weighted by Crippen LogP contribution is -2.53. The number of amides is 3. The number of imide groups is 1. The fraction of sp³-hybridized carbons (Fsp3) is 0.686. The molecule has 1 N–H and O–H groups in total. The lowest BCUT2D eigenvalue weighted by Gasteiger charge is -2.30. The molecule has 1 aromatic carbocycles. The van der Waals surface area contributed by atoms with E-state index in [-0.39, 0.29) is 18.7 Å². The van der Waals surface area contributed by atoms with E-state index in [2.05, 4.69) is 46.9 Å². The van der Waals surface area contributed by atoms with Gasteiger partial charge in [0.15, 0.2) is 6.29 Å². The molecule has 240 valence electrons. The van der Waals surface area contributed by atoms with Crippen molar-refractivity contribution in [1.82, 2.24) is 10.2 Å². The average molecular weight is 589 g/mol. The maximum absolute atomic E-state index is 12.6. The third-order valence-electron chi connectivity index (χ3n) is 6.95. The summed E-state index contributed by atoms with van der Waals surface area (Å²) in [6.07, 6.45) is 17.3. The van der Waals surface area contributed by atoms with Crippen molar-refractivity contribution in [2.24, 2.45) is 5.92 Å². The summed E-state index contributed by atoms with van der Waals surface area (Å²) in [5, 5.41) is 2.22. The SMILES string of the molecule is CCCC.CCCCC(C)C.CCCCCCCCC=O.Cc1cccc(C=O)c1C(=O)N(C)C1CCC(=O)NC1=O. The number of nitrogens with one attached hydrogen (secondary N) is 1. The van der Waals surface area contributed by atoms with Crippen LogP contribution in [-0.2, 0) is 14.4 Å². The molecule has 1 saturated heterocycles. The van der Waals surface area contributed by atoms with Crippen LogP contribution in [0.5, 0.6) is 0 Å². The number of nitrogens with zero attached hydrogens (tertiary/aromatic N) is 1. The van der Waals surface area contributed by atoms with Crippen LogP contribution in [0, 0.1) is 12.8 Å². The van der Waals surface area contributed by atoms with Crippen molar-refractivity contribution < 1.29 is 24.0 Å². The smallest absolute Gasteiger partial charge is 0.255 e. The van der Waals surface area contributed by atoms with Crippen LogP contribution in [-0.4, -0.2) is 48.3 Å². The lowest BCUT2D eigenvalue weighted by molar-refractivity contribution is -0.136. The second-order valence-electron chi connectivity index (χ2n) is 11.3. The topological polar surface area (TPSA) is 101 Å². The van der Waals surface area contributed by atoms with Gasteiger partial charge in [-0.3, -0.25) is 24.5 Å². The molecule has 0 aliphatic carbocycles. The highest BCUT2D eigenvalue weighted by molar-refractivity contribution is 6.06. The van der Waals surface area contributed by atoms with Gasteiger partial charge in [0, 0.05) is 25.5 Å². The van der Waals surface area contributed by atoms with Crippen LogP contribution < -0.4 is 5.32 Å². The van der Waals surface area contributed by atoms with Crippen molar-refractivity contribution in [2.75, 3.05) is 7.05 Å². The van der Waals surface area contributed by atoms with Gasteiger partial charge < -0.3 is 9.69 Å². The summed E-state index contributed by atoms with van der Waals surface area (Å²) < 4.78 is 0. The summed E-state index contributed by atoms with van der Waals surface area (Å²) in [5.41, 5.74) is 1.25. The van der Waals surface area contributed by atoms with Gasteiger partial charge in [0.25, 0.3) is 5.91 Å². The number of hydrogen-bond acceptors (Lipinski definition) is 5. The number of hydrogen-bond donors (Lipinski definition) is 1.